The normalized spacial score (nSPS) is 12.3. The molecule has 6 heteroatoms. The first-order valence-electron chi connectivity index (χ1n) is 5.12. The maximum atomic E-state index is 12.2. The molecule has 16 heavy (non-hydrogen) atoms. The molecule has 0 N–H and O–H groups in total. The fourth-order valence-electron chi connectivity index (χ4n) is 1.55. The van der Waals surface area contributed by atoms with Gasteiger partial charge in [0.05, 0.1) is 10.8 Å². The van der Waals surface area contributed by atoms with Crippen molar-refractivity contribution in [2.45, 2.75) is 31.5 Å². The van der Waals surface area contributed by atoms with Crippen molar-refractivity contribution in [2.24, 2.45) is 0 Å². The topological polar surface area (TPSA) is 37.4 Å². The molecular weight excluding hydrogens is 266 g/mol. The van der Waals surface area contributed by atoms with Gasteiger partial charge >= 0.3 is 0 Å². The zero-order valence-corrected chi connectivity index (χ0v) is 12.0. The molecular formula is C10H16ClNO2S2. The van der Waals surface area contributed by atoms with Crippen LogP contribution in [0.1, 0.15) is 23.6 Å². The first-order valence-corrected chi connectivity index (χ1v) is 7.91. The maximum Gasteiger partial charge on any atom is 0.244 e. The zero-order chi connectivity index (χ0) is 12.3. The molecule has 0 fully saturated rings. The van der Waals surface area contributed by atoms with E-state index < -0.39 is 10.0 Å². The minimum absolute atomic E-state index is 0.360. The predicted octanol–water partition coefficient (Wildman–Crippen LogP) is 2.83. The highest BCUT2D eigenvalue weighted by molar-refractivity contribution is 7.89. The van der Waals surface area contributed by atoms with Crippen molar-refractivity contribution >= 4 is 33.0 Å². The maximum absolute atomic E-state index is 12.2. The summed E-state index contributed by atoms with van der Waals surface area (Å²) in [5.74, 6) is 0.360. The Kier molecular flexibility index (Phi) is 4.79. The first-order chi connectivity index (χ1) is 7.47. The standard InChI is InChI=1S/C10H16ClNO2S2/c1-4-12(5-2)16(13,14)10-6-9(7-11)15-8(10)3/h6H,4-5,7H2,1-3H3. The molecule has 1 rings (SSSR count). The minimum Gasteiger partial charge on any atom is -0.207 e. The zero-order valence-electron chi connectivity index (χ0n) is 9.66. The number of halogens is 1. The van der Waals surface area contributed by atoms with E-state index in [-0.39, 0.29) is 0 Å². The third-order valence-corrected chi connectivity index (χ3v) is 6.18. The third-order valence-electron chi connectivity index (χ3n) is 2.38. The number of hydrogen-bond donors (Lipinski definition) is 0. The third kappa shape index (κ3) is 2.59. The molecule has 3 nitrogen and oxygen atoms in total. The van der Waals surface area contributed by atoms with Crippen LogP contribution in [0.4, 0.5) is 0 Å². The Morgan fingerprint density at radius 2 is 1.94 bits per heavy atom. The van der Waals surface area contributed by atoms with E-state index in [0.717, 1.165) is 9.75 Å². The summed E-state index contributed by atoms with van der Waals surface area (Å²) in [7, 11) is -3.34. The van der Waals surface area contributed by atoms with Crippen LogP contribution in [-0.2, 0) is 15.9 Å². The molecule has 0 aliphatic heterocycles. The molecule has 0 aromatic carbocycles. The minimum atomic E-state index is -3.34. The molecule has 1 aromatic heterocycles. The lowest BCUT2D eigenvalue weighted by molar-refractivity contribution is 0.445. The van der Waals surface area contributed by atoms with E-state index in [9.17, 15) is 8.42 Å². The molecule has 0 aliphatic rings. The fourth-order valence-corrected chi connectivity index (χ4v) is 4.70. The molecule has 0 bridgehead atoms. The number of nitrogens with zero attached hydrogens (tertiary/aromatic N) is 1. The van der Waals surface area contributed by atoms with Crippen LogP contribution in [0.5, 0.6) is 0 Å². The van der Waals surface area contributed by atoms with Gasteiger partial charge in [0.15, 0.2) is 0 Å². The van der Waals surface area contributed by atoms with Gasteiger partial charge in [-0.25, -0.2) is 8.42 Å². The van der Waals surface area contributed by atoms with Crippen molar-refractivity contribution in [1.29, 1.82) is 0 Å². The van der Waals surface area contributed by atoms with Crippen molar-refractivity contribution < 1.29 is 8.42 Å². The second kappa shape index (κ2) is 5.49. The van der Waals surface area contributed by atoms with Gasteiger partial charge in [0.1, 0.15) is 0 Å². The van der Waals surface area contributed by atoms with E-state index >= 15 is 0 Å². The van der Waals surface area contributed by atoms with Gasteiger partial charge in [-0.3, -0.25) is 0 Å². The monoisotopic (exact) mass is 281 g/mol. The van der Waals surface area contributed by atoms with Gasteiger partial charge in [-0.15, -0.1) is 22.9 Å². The van der Waals surface area contributed by atoms with Crippen LogP contribution in [0.2, 0.25) is 0 Å². The summed E-state index contributed by atoms with van der Waals surface area (Å²) in [5, 5.41) is 0. The van der Waals surface area contributed by atoms with Crippen LogP contribution in [0.15, 0.2) is 11.0 Å². The Morgan fingerprint density at radius 3 is 2.31 bits per heavy atom. The molecule has 0 radical (unpaired) electrons. The van der Waals surface area contributed by atoms with Crippen LogP contribution in [0.25, 0.3) is 0 Å². The summed E-state index contributed by atoms with van der Waals surface area (Å²) < 4.78 is 25.9. The van der Waals surface area contributed by atoms with E-state index in [1.165, 1.54) is 15.6 Å². The molecule has 1 aromatic rings. The number of thiophene rings is 1. The van der Waals surface area contributed by atoms with Gasteiger partial charge in [0.25, 0.3) is 0 Å². The van der Waals surface area contributed by atoms with Crippen LogP contribution in [0, 0.1) is 6.92 Å². The highest BCUT2D eigenvalue weighted by Crippen LogP contribution is 2.28. The van der Waals surface area contributed by atoms with Crippen molar-refractivity contribution in [3.8, 4) is 0 Å². The number of alkyl halides is 1. The molecule has 0 aliphatic carbocycles. The smallest absolute Gasteiger partial charge is 0.207 e. The Balaban J connectivity index is 3.21. The summed E-state index contributed by atoms with van der Waals surface area (Å²) in [4.78, 5) is 2.10. The number of sulfonamides is 1. The summed E-state index contributed by atoms with van der Waals surface area (Å²) >= 11 is 7.15. The van der Waals surface area contributed by atoms with Crippen LogP contribution in [-0.4, -0.2) is 25.8 Å². The van der Waals surface area contributed by atoms with Crippen LogP contribution >= 0.6 is 22.9 Å². The second-order valence-corrected chi connectivity index (χ2v) is 6.87. The van der Waals surface area contributed by atoms with Gasteiger partial charge in [-0.2, -0.15) is 4.31 Å². The lowest BCUT2D eigenvalue weighted by Gasteiger charge is -2.17. The quantitative estimate of drug-likeness (QED) is 0.779. The molecule has 0 saturated carbocycles. The molecule has 0 atom stereocenters. The van der Waals surface area contributed by atoms with Gasteiger partial charge in [0.2, 0.25) is 10.0 Å². The Morgan fingerprint density at radius 1 is 1.38 bits per heavy atom. The Labute approximate surface area is 106 Å². The fraction of sp³-hybridized carbons (Fsp3) is 0.600. The first kappa shape index (κ1) is 14.0. The molecule has 92 valence electrons. The second-order valence-electron chi connectivity index (χ2n) is 3.36. The van der Waals surface area contributed by atoms with Gasteiger partial charge < -0.3 is 0 Å². The lowest BCUT2D eigenvalue weighted by Crippen LogP contribution is -2.30. The van der Waals surface area contributed by atoms with Gasteiger partial charge in [-0.1, -0.05) is 13.8 Å². The summed E-state index contributed by atoms with van der Waals surface area (Å²) in [6, 6.07) is 1.68. The van der Waals surface area contributed by atoms with Crippen LogP contribution < -0.4 is 0 Å². The lowest BCUT2D eigenvalue weighted by atomic mass is 10.4. The molecule has 0 spiro atoms. The van der Waals surface area contributed by atoms with Gasteiger partial charge in [0, 0.05) is 22.8 Å². The van der Waals surface area contributed by atoms with E-state index in [2.05, 4.69) is 0 Å². The van der Waals surface area contributed by atoms with Crippen molar-refractivity contribution in [2.75, 3.05) is 13.1 Å². The number of rotatable bonds is 5. The SMILES string of the molecule is CCN(CC)S(=O)(=O)c1cc(CCl)sc1C. The average molecular weight is 282 g/mol. The largest absolute Gasteiger partial charge is 0.244 e. The average Bonchev–Trinajstić information content (AvgIpc) is 2.61. The van der Waals surface area contributed by atoms with E-state index in [0.29, 0.717) is 23.9 Å². The molecule has 0 saturated heterocycles. The van der Waals surface area contributed by atoms with Crippen molar-refractivity contribution in [3.05, 3.63) is 15.8 Å². The number of hydrogen-bond acceptors (Lipinski definition) is 3. The summed E-state index contributed by atoms with van der Waals surface area (Å²) in [5.41, 5.74) is 0. The van der Waals surface area contributed by atoms with Crippen molar-refractivity contribution in [1.82, 2.24) is 4.31 Å². The Hall–Kier alpha value is -0.100. The summed E-state index contributed by atoms with van der Waals surface area (Å²) in [6.45, 7) is 6.47. The highest BCUT2D eigenvalue weighted by Gasteiger charge is 2.25. The highest BCUT2D eigenvalue weighted by atomic mass is 35.5. The van der Waals surface area contributed by atoms with Crippen molar-refractivity contribution in [3.63, 3.8) is 0 Å². The Bertz CT molecular complexity index is 449. The van der Waals surface area contributed by atoms with E-state index in [1.54, 1.807) is 6.07 Å². The predicted molar refractivity (Wildman–Crippen MR) is 68.7 cm³/mol. The van der Waals surface area contributed by atoms with E-state index in [1.807, 2.05) is 20.8 Å². The van der Waals surface area contributed by atoms with Crippen LogP contribution in [0.3, 0.4) is 0 Å². The van der Waals surface area contributed by atoms with E-state index in [4.69, 9.17) is 11.6 Å². The molecule has 0 unspecified atom stereocenters. The summed E-state index contributed by atoms with van der Waals surface area (Å²) in [6.07, 6.45) is 0. The molecule has 1 heterocycles. The van der Waals surface area contributed by atoms with Gasteiger partial charge in [-0.05, 0) is 13.0 Å². The molecule has 0 amide bonds. The number of aryl methyl sites for hydroxylation is 1.